The summed E-state index contributed by atoms with van der Waals surface area (Å²) in [4.78, 5) is 26.6. The van der Waals surface area contributed by atoms with Crippen LogP contribution in [0.3, 0.4) is 0 Å². The van der Waals surface area contributed by atoms with Crippen LogP contribution in [0.5, 0.6) is 0 Å². The van der Waals surface area contributed by atoms with Gasteiger partial charge in [-0.2, -0.15) is 0 Å². The van der Waals surface area contributed by atoms with E-state index in [1.807, 2.05) is 68.6 Å². The van der Waals surface area contributed by atoms with Gasteiger partial charge in [0.2, 0.25) is 0 Å². The lowest BCUT2D eigenvalue weighted by Gasteiger charge is -2.27. The molecule has 0 aliphatic carbocycles. The third-order valence-electron chi connectivity index (χ3n) is 4.90. The molecule has 0 heterocycles. The van der Waals surface area contributed by atoms with Gasteiger partial charge in [-0.3, -0.25) is 9.59 Å². The molecule has 0 radical (unpaired) electrons. The van der Waals surface area contributed by atoms with E-state index in [9.17, 15) is 19.8 Å². The summed E-state index contributed by atoms with van der Waals surface area (Å²) in [6.07, 6.45) is -3.00. The molecule has 7 nitrogen and oxygen atoms in total. The van der Waals surface area contributed by atoms with E-state index in [-0.39, 0.29) is 0 Å². The van der Waals surface area contributed by atoms with Gasteiger partial charge >= 0.3 is 0 Å². The van der Waals surface area contributed by atoms with Crippen LogP contribution >= 0.6 is 0 Å². The summed E-state index contributed by atoms with van der Waals surface area (Å²) >= 11 is 0. The largest absolute Gasteiger partial charge is 0.388 e. The average Bonchev–Trinajstić information content (AvgIpc) is 2.77. The Morgan fingerprint density at radius 2 is 1.63 bits per heavy atom. The molecule has 0 fully saturated rings. The van der Waals surface area contributed by atoms with E-state index < -0.39 is 30.1 Å². The van der Waals surface area contributed by atoms with Gasteiger partial charge in [-0.1, -0.05) is 49.4 Å². The van der Waals surface area contributed by atoms with E-state index in [0.29, 0.717) is 19.5 Å². The lowest BCUT2D eigenvalue weighted by Crippen LogP contribution is -2.51. The number of benzene rings is 2. The summed E-state index contributed by atoms with van der Waals surface area (Å²) in [6, 6.07) is 16.4. The fraction of sp³-hybridized carbons (Fsp3) is 0.391. The fourth-order valence-electron chi connectivity index (χ4n) is 3.13. The molecule has 3 atom stereocenters. The summed E-state index contributed by atoms with van der Waals surface area (Å²) < 4.78 is 0. The molecule has 4 N–H and O–H groups in total. The molecule has 0 saturated carbocycles. The number of amides is 2. The van der Waals surface area contributed by atoms with Crippen molar-refractivity contribution in [1.82, 2.24) is 10.2 Å². The molecular formula is C23H31N3O4. The van der Waals surface area contributed by atoms with Crippen LogP contribution in [0.1, 0.15) is 37.4 Å². The van der Waals surface area contributed by atoms with Crippen molar-refractivity contribution < 1.29 is 19.8 Å². The van der Waals surface area contributed by atoms with Gasteiger partial charge in [-0.25, -0.2) is 0 Å². The van der Waals surface area contributed by atoms with Gasteiger partial charge in [-0.05, 0) is 36.6 Å². The maximum absolute atomic E-state index is 12.7. The van der Waals surface area contributed by atoms with Gasteiger partial charge in [0.1, 0.15) is 0 Å². The second-order valence-corrected chi connectivity index (χ2v) is 7.24. The fourth-order valence-corrected chi connectivity index (χ4v) is 3.13. The molecule has 0 aromatic heterocycles. The minimum absolute atomic E-state index is 0.299. The van der Waals surface area contributed by atoms with Crippen molar-refractivity contribution in [3.8, 4) is 0 Å². The minimum atomic E-state index is -1.85. The molecule has 2 rings (SSSR count). The highest BCUT2D eigenvalue weighted by Crippen LogP contribution is 2.16. The van der Waals surface area contributed by atoms with Crippen molar-refractivity contribution in [2.45, 2.75) is 45.1 Å². The summed E-state index contributed by atoms with van der Waals surface area (Å²) in [6.45, 7) is 4.40. The first kappa shape index (κ1) is 23.4. The molecule has 2 amide bonds. The lowest BCUT2D eigenvalue weighted by atomic mass is 10.1. The van der Waals surface area contributed by atoms with Crippen molar-refractivity contribution in [3.05, 3.63) is 65.7 Å². The number of aliphatic hydroxyl groups is 2. The number of carbonyl (C=O) groups is 2. The summed E-state index contributed by atoms with van der Waals surface area (Å²) in [5.74, 6) is -1.47. The normalized spacial score (nSPS) is 13.8. The molecule has 0 aliphatic heterocycles. The van der Waals surface area contributed by atoms with Gasteiger partial charge in [0.15, 0.2) is 12.2 Å². The molecule has 3 unspecified atom stereocenters. The maximum Gasteiger partial charge on any atom is 0.254 e. The lowest BCUT2D eigenvalue weighted by molar-refractivity contribution is -0.153. The highest BCUT2D eigenvalue weighted by atomic mass is 16.3. The Labute approximate surface area is 177 Å². The van der Waals surface area contributed by atoms with E-state index in [0.717, 1.165) is 16.8 Å². The number of nitrogens with one attached hydrogen (secondary N) is 2. The van der Waals surface area contributed by atoms with Crippen molar-refractivity contribution in [1.29, 1.82) is 0 Å². The molecule has 7 heteroatoms. The minimum Gasteiger partial charge on any atom is -0.388 e. The van der Waals surface area contributed by atoms with Crippen LogP contribution in [0.25, 0.3) is 0 Å². The zero-order valence-electron chi connectivity index (χ0n) is 17.7. The number of rotatable bonds is 10. The first-order chi connectivity index (χ1) is 14.4. The average molecular weight is 414 g/mol. The van der Waals surface area contributed by atoms with Crippen LogP contribution < -0.4 is 10.6 Å². The number of anilines is 1. The second kappa shape index (κ2) is 11.3. The predicted molar refractivity (Wildman–Crippen MR) is 117 cm³/mol. The molecule has 162 valence electrons. The van der Waals surface area contributed by atoms with Crippen molar-refractivity contribution >= 4 is 17.5 Å². The van der Waals surface area contributed by atoms with Crippen LogP contribution in [0.2, 0.25) is 0 Å². The number of hydrogen-bond donors (Lipinski definition) is 4. The topological polar surface area (TPSA) is 102 Å². The van der Waals surface area contributed by atoms with Crippen LogP contribution in [0.15, 0.2) is 54.6 Å². The van der Waals surface area contributed by atoms with E-state index in [4.69, 9.17) is 0 Å². The molecule has 0 aliphatic rings. The highest BCUT2D eigenvalue weighted by Gasteiger charge is 2.33. The Bertz CT molecular complexity index is 811. The Morgan fingerprint density at radius 1 is 1.00 bits per heavy atom. The van der Waals surface area contributed by atoms with E-state index in [2.05, 4.69) is 10.6 Å². The van der Waals surface area contributed by atoms with Crippen molar-refractivity contribution in [2.75, 3.05) is 18.9 Å². The Balaban J connectivity index is 2.00. The predicted octanol–water partition coefficient (Wildman–Crippen LogP) is 2.07. The second-order valence-electron chi connectivity index (χ2n) is 7.24. The molecule has 30 heavy (non-hydrogen) atoms. The zero-order valence-corrected chi connectivity index (χ0v) is 17.7. The summed E-state index contributed by atoms with van der Waals surface area (Å²) in [5.41, 5.74) is 2.68. The monoisotopic (exact) mass is 413 g/mol. The highest BCUT2D eigenvalue weighted by molar-refractivity contribution is 5.90. The molecule has 0 bridgehead atoms. The Morgan fingerprint density at radius 3 is 2.20 bits per heavy atom. The number of hydrogen-bond acceptors (Lipinski definition) is 5. The Hall–Kier alpha value is -2.90. The zero-order chi connectivity index (χ0) is 22.1. The first-order valence-corrected chi connectivity index (χ1v) is 10.1. The standard InChI is InChI=1S/C23H31N3O4/c1-4-14-26(15-17-8-6-5-7-9-17)23(30)21(28)20(27)22(29)25-16(2)18-10-12-19(24-3)13-11-18/h5-13,16,20-21,24,27-28H,4,14-15H2,1-3H3,(H,25,29). The van der Waals surface area contributed by atoms with E-state index in [1.165, 1.54) is 4.90 Å². The third-order valence-corrected chi connectivity index (χ3v) is 4.90. The van der Waals surface area contributed by atoms with Crippen molar-refractivity contribution in [2.24, 2.45) is 0 Å². The number of nitrogens with zero attached hydrogens (tertiary/aromatic N) is 1. The van der Waals surface area contributed by atoms with Crippen molar-refractivity contribution in [3.63, 3.8) is 0 Å². The number of aliphatic hydroxyl groups excluding tert-OH is 2. The molecule has 2 aromatic carbocycles. The summed E-state index contributed by atoms with van der Waals surface area (Å²) in [5, 5.41) is 26.3. The third kappa shape index (κ3) is 6.30. The van der Waals surface area contributed by atoms with Gasteiger partial charge < -0.3 is 25.7 Å². The van der Waals surface area contributed by atoms with Crippen LogP contribution in [-0.4, -0.2) is 52.7 Å². The first-order valence-electron chi connectivity index (χ1n) is 10.1. The van der Waals surface area contributed by atoms with E-state index >= 15 is 0 Å². The number of carbonyl (C=O) groups excluding carboxylic acids is 2. The van der Waals surface area contributed by atoms with E-state index in [1.54, 1.807) is 6.92 Å². The van der Waals surface area contributed by atoms with Gasteiger partial charge in [0.25, 0.3) is 11.8 Å². The molecule has 2 aromatic rings. The van der Waals surface area contributed by atoms with Gasteiger partial charge in [0.05, 0.1) is 6.04 Å². The quantitative estimate of drug-likeness (QED) is 0.478. The van der Waals surface area contributed by atoms with Gasteiger partial charge in [-0.15, -0.1) is 0 Å². The molecular weight excluding hydrogens is 382 g/mol. The SMILES string of the molecule is CCCN(Cc1ccccc1)C(=O)C(O)C(O)C(=O)NC(C)c1ccc(NC)cc1. The summed E-state index contributed by atoms with van der Waals surface area (Å²) in [7, 11) is 1.81. The van der Waals surface area contributed by atoms with Crippen LogP contribution in [-0.2, 0) is 16.1 Å². The van der Waals surface area contributed by atoms with Crippen LogP contribution in [0.4, 0.5) is 5.69 Å². The molecule has 0 spiro atoms. The Kier molecular flexibility index (Phi) is 8.83. The maximum atomic E-state index is 12.7. The van der Waals surface area contributed by atoms with Gasteiger partial charge in [0, 0.05) is 25.8 Å². The smallest absolute Gasteiger partial charge is 0.254 e. The molecule has 0 saturated heterocycles. The van der Waals surface area contributed by atoms with Crippen LogP contribution in [0, 0.1) is 0 Å².